The van der Waals surface area contributed by atoms with Crippen LogP contribution in [0.2, 0.25) is 0 Å². The van der Waals surface area contributed by atoms with E-state index in [9.17, 15) is 5.11 Å². The molecule has 1 N–H and O–H groups in total. The third-order valence-corrected chi connectivity index (χ3v) is 4.69. The van der Waals surface area contributed by atoms with Gasteiger partial charge in [-0.1, -0.05) is 31.9 Å². The maximum absolute atomic E-state index is 11.0. The van der Waals surface area contributed by atoms with E-state index in [4.69, 9.17) is 0 Å². The molecule has 1 aliphatic rings. The van der Waals surface area contributed by atoms with Crippen molar-refractivity contribution in [2.45, 2.75) is 59.0 Å². The van der Waals surface area contributed by atoms with Crippen LogP contribution in [0.4, 0.5) is 0 Å². The second-order valence-corrected chi connectivity index (χ2v) is 5.81. The highest BCUT2D eigenvalue weighted by Gasteiger charge is 2.37. The van der Waals surface area contributed by atoms with Gasteiger partial charge in [-0.15, -0.1) is 0 Å². The number of aryl methyl sites for hydroxylation is 2. The molecule has 0 heterocycles. The highest BCUT2D eigenvalue weighted by atomic mass is 16.3. The number of rotatable bonds is 1. The van der Waals surface area contributed by atoms with E-state index in [2.05, 4.69) is 39.8 Å². The monoisotopic (exact) mass is 232 g/mol. The topological polar surface area (TPSA) is 20.2 Å². The molecule has 1 aliphatic carbocycles. The molecule has 1 aromatic rings. The first kappa shape index (κ1) is 12.6. The Balaban J connectivity index is 2.45. The van der Waals surface area contributed by atoms with Crippen molar-refractivity contribution in [2.75, 3.05) is 0 Å². The van der Waals surface area contributed by atoms with Crippen LogP contribution in [0.1, 0.15) is 54.9 Å². The Morgan fingerprint density at radius 3 is 2.24 bits per heavy atom. The SMILES string of the molecule is Cc1cc([C@@]2(O)CCCC[C@H]2C)cc(C)c1C. The molecule has 0 spiro atoms. The number of aliphatic hydroxyl groups is 1. The molecule has 1 saturated carbocycles. The molecule has 2 atom stereocenters. The summed E-state index contributed by atoms with van der Waals surface area (Å²) in [6, 6.07) is 4.37. The average molecular weight is 232 g/mol. The first-order valence-corrected chi connectivity index (χ1v) is 6.76. The minimum atomic E-state index is -0.596. The second-order valence-electron chi connectivity index (χ2n) is 5.81. The van der Waals surface area contributed by atoms with Crippen molar-refractivity contribution in [3.63, 3.8) is 0 Å². The van der Waals surface area contributed by atoms with Crippen molar-refractivity contribution in [1.82, 2.24) is 0 Å². The lowest BCUT2D eigenvalue weighted by Crippen LogP contribution is -2.36. The third-order valence-electron chi connectivity index (χ3n) is 4.69. The molecule has 94 valence electrons. The van der Waals surface area contributed by atoms with Gasteiger partial charge in [-0.3, -0.25) is 0 Å². The van der Waals surface area contributed by atoms with Crippen molar-refractivity contribution in [2.24, 2.45) is 5.92 Å². The standard InChI is InChI=1S/C16H24O/c1-11-9-15(10-12(2)14(11)4)16(17)8-6-5-7-13(16)3/h9-10,13,17H,5-8H2,1-4H3/t13-,16-/m1/s1. The van der Waals surface area contributed by atoms with E-state index in [1.165, 1.54) is 23.1 Å². The second kappa shape index (κ2) is 4.45. The molecule has 0 saturated heterocycles. The number of hydrogen-bond acceptors (Lipinski definition) is 1. The molecule has 1 nitrogen and oxygen atoms in total. The maximum atomic E-state index is 11.0. The van der Waals surface area contributed by atoms with Crippen molar-refractivity contribution in [3.05, 3.63) is 34.4 Å². The molecular formula is C16H24O. The molecule has 0 radical (unpaired) electrons. The van der Waals surface area contributed by atoms with Crippen molar-refractivity contribution < 1.29 is 5.11 Å². The van der Waals surface area contributed by atoms with Gasteiger partial charge in [0, 0.05) is 0 Å². The van der Waals surface area contributed by atoms with Crippen LogP contribution in [0.15, 0.2) is 12.1 Å². The van der Waals surface area contributed by atoms with E-state index in [0.717, 1.165) is 24.8 Å². The molecule has 0 aliphatic heterocycles. The molecule has 0 aromatic heterocycles. The van der Waals surface area contributed by atoms with Crippen LogP contribution < -0.4 is 0 Å². The van der Waals surface area contributed by atoms with Gasteiger partial charge < -0.3 is 5.11 Å². The molecule has 2 rings (SSSR count). The van der Waals surface area contributed by atoms with Gasteiger partial charge in [0.1, 0.15) is 0 Å². The van der Waals surface area contributed by atoms with Gasteiger partial charge in [0.15, 0.2) is 0 Å². The van der Waals surface area contributed by atoms with Gasteiger partial charge >= 0.3 is 0 Å². The molecular weight excluding hydrogens is 208 g/mol. The van der Waals surface area contributed by atoms with Crippen LogP contribution in [-0.4, -0.2) is 5.11 Å². The largest absolute Gasteiger partial charge is 0.385 e. The van der Waals surface area contributed by atoms with E-state index in [-0.39, 0.29) is 0 Å². The van der Waals surface area contributed by atoms with Crippen LogP contribution in [0.5, 0.6) is 0 Å². The Hall–Kier alpha value is -0.820. The predicted molar refractivity (Wildman–Crippen MR) is 72.2 cm³/mol. The summed E-state index contributed by atoms with van der Waals surface area (Å²) in [5.41, 5.74) is 4.48. The van der Waals surface area contributed by atoms with Gasteiger partial charge in [-0.2, -0.15) is 0 Å². The van der Waals surface area contributed by atoms with Crippen LogP contribution >= 0.6 is 0 Å². The molecule has 0 unspecified atom stereocenters. The molecule has 1 aromatic carbocycles. The first-order valence-electron chi connectivity index (χ1n) is 6.76. The molecule has 0 amide bonds. The Morgan fingerprint density at radius 2 is 1.71 bits per heavy atom. The fourth-order valence-corrected chi connectivity index (χ4v) is 3.04. The van der Waals surface area contributed by atoms with Gasteiger partial charge in [0.25, 0.3) is 0 Å². The van der Waals surface area contributed by atoms with Crippen molar-refractivity contribution >= 4 is 0 Å². The van der Waals surface area contributed by atoms with Gasteiger partial charge in [-0.25, -0.2) is 0 Å². The number of benzene rings is 1. The normalized spacial score (nSPS) is 29.4. The average Bonchev–Trinajstić information content (AvgIpc) is 2.29. The third kappa shape index (κ3) is 2.13. The molecule has 17 heavy (non-hydrogen) atoms. The summed E-state index contributed by atoms with van der Waals surface area (Å²) < 4.78 is 0. The summed E-state index contributed by atoms with van der Waals surface area (Å²) in [4.78, 5) is 0. The van der Waals surface area contributed by atoms with E-state index in [1.54, 1.807) is 0 Å². The van der Waals surface area contributed by atoms with E-state index in [0.29, 0.717) is 5.92 Å². The summed E-state index contributed by atoms with van der Waals surface area (Å²) in [5, 5.41) is 11.0. The lowest BCUT2D eigenvalue weighted by atomic mass is 9.71. The lowest BCUT2D eigenvalue weighted by Gasteiger charge is -2.39. The Labute approximate surface area is 105 Å². The van der Waals surface area contributed by atoms with Crippen LogP contribution in [0, 0.1) is 26.7 Å². The first-order chi connectivity index (χ1) is 7.95. The lowest BCUT2D eigenvalue weighted by molar-refractivity contribution is -0.0470. The molecule has 1 heteroatoms. The van der Waals surface area contributed by atoms with Crippen LogP contribution in [0.25, 0.3) is 0 Å². The summed E-state index contributed by atoms with van der Waals surface area (Å²) >= 11 is 0. The van der Waals surface area contributed by atoms with Gasteiger partial charge in [-0.05, 0) is 61.8 Å². The highest BCUT2D eigenvalue weighted by molar-refractivity contribution is 5.39. The molecule has 1 fully saturated rings. The number of hydrogen-bond donors (Lipinski definition) is 1. The van der Waals surface area contributed by atoms with Gasteiger partial charge in [0.2, 0.25) is 0 Å². The smallest absolute Gasteiger partial charge is 0.0922 e. The molecule has 0 bridgehead atoms. The Kier molecular flexibility index (Phi) is 3.31. The fourth-order valence-electron chi connectivity index (χ4n) is 3.04. The van der Waals surface area contributed by atoms with E-state index < -0.39 is 5.60 Å². The predicted octanol–water partition coefficient (Wildman–Crippen LogP) is 4.01. The Bertz CT molecular complexity index is 399. The minimum absolute atomic E-state index is 0.373. The van der Waals surface area contributed by atoms with E-state index in [1.807, 2.05) is 0 Å². The summed E-state index contributed by atoms with van der Waals surface area (Å²) in [6.45, 7) is 8.62. The van der Waals surface area contributed by atoms with Crippen molar-refractivity contribution in [1.29, 1.82) is 0 Å². The fraction of sp³-hybridized carbons (Fsp3) is 0.625. The maximum Gasteiger partial charge on any atom is 0.0922 e. The van der Waals surface area contributed by atoms with Crippen molar-refractivity contribution in [3.8, 4) is 0 Å². The summed E-state index contributed by atoms with van der Waals surface area (Å²) in [5.74, 6) is 0.373. The van der Waals surface area contributed by atoms with Gasteiger partial charge in [0.05, 0.1) is 5.60 Å². The zero-order valence-electron chi connectivity index (χ0n) is 11.5. The zero-order chi connectivity index (χ0) is 12.6. The van der Waals surface area contributed by atoms with Crippen LogP contribution in [-0.2, 0) is 5.60 Å². The highest BCUT2D eigenvalue weighted by Crippen LogP contribution is 2.42. The minimum Gasteiger partial charge on any atom is -0.385 e. The summed E-state index contributed by atoms with van der Waals surface area (Å²) in [6.07, 6.45) is 4.46. The zero-order valence-corrected chi connectivity index (χ0v) is 11.5. The quantitative estimate of drug-likeness (QED) is 0.775. The Morgan fingerprint density at radius 1 is 1.12 bits per heavy atom. The van der Waals surface area contributed by atoms with E-state index >= 15 is 0 Å². The summed E-state index contributed by atoms with van der Waals surface area (Å²) in [7, 11) is 0. The van der Waals surface area contributed by atoms with Crippen LogP contribution in [0.3, 0.4) is 0 Å².